The Morgan fingerprint density at radius 2 is 1.62 bits per heavy atom. The molecule has 24 heavy (non-hydrogen) atoms. The number of rotatable bonds is 10. The van der Waals surface area contributed by atoms with Gasteiger partial charge in [0.05, 0.1) is 0 Å². The molecule has 0 aromatic rings. The molecular formula is C24H46. The van der Waals surface area contributed by atoms with E-state index in [1.807, 2.05) is 0 Å². The number of fused-ring (bicyclic) bond motifs is 1. The highest BCUT2D eigenvalue weighted by atomic mass is 14.5. The van der Waals surface area contributed by atoms with Crippen LogP contribution in [0.1, 0.15) is 118 Å². The van der Waals surface area contributed by atoms with Crippen molar-refractivity contribution in [2.45, 2.75) is 118 Å². The molecule has 0 aromatic heterocycles. The summed E-state index contributed by atoms with van der Waals surface area (Å²) in [5.41, 5.74) is 0. The summed E-state index contributed by atoms with van der Waals surface area (Å²) in [6, 6.07) is 0. The van der Waals surface area contributed by atoms with E-state index in [-0.39, 0.29) is 0 Å². The molecule has 6 unspecified atom stereocenters. The summed E-state index contributed by atoms with van der Waals surface area (Å²) in [6.07, 6.45) is 20.9. The van der Waals surface area contributed by atoms with Crippen molar-refractivity contribution < 1.29 is 0 Å². The lowest BCUT2D eigenvalue weighted by atomic mass is 9.79. The van der Waals surface area contributed by atoms with Crippen molar-refractivity contribution in [1.29, 1.82) is 0 Å². The zero-order chi connectivity index (χ0) is 17.4. The number of unbranched alkanes of at least 4 members (excludes halogenated alkanes) is 2. The maximum absolute atomic E-state index is 2.61. The SMILES string of the molecule is CCCCCC(CCC)CCC(C)C1CCCCC(C)CC2CC21. The van der Waals surface area contributed by atoms with E-state index in [0.29, 0.717) is 0 Å². The van der Waals surface area contributed by atoms with Gasteiger partial charge in [-0.2, -0.15) is 0 Å². The van der Waals surface area contributed by atoms with Crippen molar-refractivity contribution in [3.05, 3.63) is 0 Å². The maximum Gasteiger partial charge on any atom is -0.0352 e. The lowest BCUT2D eigenvalue weighted by molar-refractivity contribution is 0.242. The lowest BCUT2D eigenvalue weighted by Gasteiger charge is -2.26. The molecule has 0 bridgehead atoms. The van der Waals surface area contributed by atoms with E-state index in [1.165, 1.54) is 70.6 Å². The van der Waals surface area contributed by atoms with Crippen LogP contribution in [0.5, 0.6) is 0 Å². The third-order valence-electron chi connectivity index (χ3n) is 7.39. The largest absolute Gasteiger partial charge is 0.0654 e. The average Bonchev–Trinajstić information content (AvgIpc) is 3.29. The maximum atomic E-state index is 2.61. The molecule has 0 N–H and O–H groups in total. The molecule has 2 fully saturated rings. The van der Waals surface area contributed by atoms with Crippen molar-refractivity contribution in [2.75, 3.05) is 0 Å². The van der Waals surface area contributed by atoms with E-state index in [1.54, 1.807) is 19.3 Å². The molecule has 0 heterocycles. The molecule has 0 heteroatoms. The first kappa shape index (κ1) is 20.3. The Labute approximate surface area is 153 Å². The minimum Gasteiger partial charge on any atom is -0.0654 e. The van der Waals surface area contributed by atoms with E-state index in [4.69, 9.17) is 0 Å². The molecule has 2 rings (SSSR count). The summed E-state index contributed by atoms with van der Waals surface area (Å²) < 4.78 is 0. The topological polar surface area (TPSA) is 0 Å². The van der Waals surface area contributed by atoms with Crippen molar-refractivity contribution in [1.82, 2.24) is 0 Å². The Bertz CT molecular complexity index is 320. The van der Waals surface area contributed by atoms with Crippen molar-refractivity contribution in [2.24, 2.45) is 35.5 Å². The van der Waals surface area contributed by atoms with Crippen LogP contribution >= 0.6 is 0 Å². The Hall–Kier alpha value is 0. The normalized spacial score (nSPS) is 33.0. The molecule has 0 aromatic carbocycles. The lowest BCUT2D eigenvalue weighted by Crippen LogP contribution is -2.16. The van der Waals surface area contributed by atoms with Crippen LogP contribution in [0.3, 0.4) is 0 Å². The summed E-state index contributed by atoms with van der Waals surface area (Å²) in [6.45, 7) is 9.83. The molecule has 0 amide bonds. The van der Waals surface area contributed by atoms with E-state index in [9.17, 15) is 0 Å². The van der Waals surface area contributed by atoms with Gasteiger partial charge < -0.3 is 0 Å². The van der Waals surface area contributed by atoms with Crippen LogP contribution in [0.2, 0.25) is 0 Å². The molecule has 0 radical (unpaired) electrons. The van der Waals surface area contributed by atoms with Gasteiger partial charge in [-0.15, -0.1) is 0 Å². The third-order valence-corrected chi connectivity index (χ3v) is 7.39. The fourth-order valence-electron chi connectivity index (χ4n) is 5.73. The Kier molecular flexibility index (Phi) is 9.20. The van der Waals surface area contributed by atoms with E-state index >= 15 is 0 Å². The van der Waals surface area contributed by atoms with Crippen LogP contribution in [0.25, 0.3) is 0 Å². The van der Waals surface area contributed by atoms with Gasteiger partial charge in [-0.05, 0) is 54.8 Å². The predicted molar refractivity (Wildman–Crippen MR) is 108 cm³/mol. The van der Waals surface area contributed by atoms with Crippen molar-refractivity contribution in [3.8, 4) is 0 Å². The van der Waals surface area contributed by atoms with Crippen LogP contribution in [0.4, 0.5) is 0 Å². The molecule has 142 valence electrons. The zero-order valence-electron chi connectivity index (χ0n) is 17.4. The minimum absolute atomic E-state index is 0.985. The van der Waals surface area contributed by atoms with E-state index in [0.717, 1.165) is 35.5 Å². The fourth-order valence-corrected chi connectivity index (χ4v) is 5.73. The van der Waals surface area contributed by atoms with Crippen molar-refractivity contribution >= 4 is 0 Å². The molecule has 0 spiro atoms. The Morgan fingerprint density at radius 1 is 0.833 bits per heavy atom. The first-order chi connectivity index (χ1) is 11.7. The van der Waals surface area contributed by atoms with Gasteiger partial charge in [-0.1, -0.05) is 98.3 Å². The van der Waals surface area contributed by atoms with Gasteiger partial charge in [0.25, 0.3) is 0 Å². The average molecular weight is 335 g/mol. The Balaban J connectivity index is 1.77. The third kappa shape index (κ3) is 6.72. The molecule has 0 nitrogen and oxygen atoms in total. The summed E-state index contributed by atoms with van der Waals surface area (Å²) in [7, 11) is 0. The highest BCUT2D eigenvalue weighted by Gasteiger charge is 2.44. The quantitative estimate of drug-likeness (QED) is 0.353. The molecule has 0 saturated heterocycles. The van der Waals surface area contributed by atoms with Crippen LogP contribution < -0.4 is 0 Å². The van der Waals surface area contributed by atoms with Gasteiger partial charge in [0.2, 0.25) is 0 Å². The second-order valence-electron chi connectivity index (χ2n) is 9.65. The highest BCUT2D eigenvalue weighted by Crippen LogP contribution is 2.53. The van der Waals surface area contributed by atoms with Crippen LogP contribution in [-0.2, 0) is 0 Å². The molecule has 2 aliphatic rings. The van der Waals surface area contributed by atoms with E-state index in [2.05, 4.69) is 27.7 Å². The minimum atomic E-state index is 0.985. The fraction of sp³-hybridized carbons (Fsp3) is 1.00. The first-order valence-corrected chi connectivity index (χ1v) is 11.7. The summed E-state index contributed by atoms with van der Waals surface area (Å²) in [5.74, 6) is 6.31. The van der Waals surface area contributed by atoms with Gasteiger partial charge >= 0.3 is 0 Å². The molecule has 6 atom stereocenters. The smallest absolute Gasteiger partial charge is 0.0352 e. The molecule has 2 saturated carbocycles. The van der Waals surface area contributed by atoms with Gasteiger partial charge in [0.1, 0.15) is 0 Å². The summed E-state index contributed by atoms with van der Waals surface area (Å²) >= 11 is 0. The first-order valence-electron chi connectivity index (χ1n) is 11.7. The monoisotopic (exact) mass is 334 g/mol. The molecule has 0 aliphatic heterocycles. The second-order valence-corrected chi connectivity index (χ2v) is 9.65. The van der Waals surface area contributed by atoms with Crippen LogP contribution in [0.15, 0.2) is 0 Å². The highest BCUT2D eigenvalue weighted by molar-refractivity contribution is 4.94. The Morgan fingerprint density at radius 3 is 2.38 bits per heavy atom. The standard InChI is InChI=1S/C24H46/c1-5-7-8-13-21(11-6-2)16-15-20(4)23-14-10-9-12-19(3)17-22-18-24(22)23/h19-24H,5-18H2,1-4H3. The van der Waals surface area contributed by atoms with Gasteiger partial charge in [-0.25, -0.2) is 0 Å². The number of hydrogen-bond acceptors (Lipinski definition) is 0. The number of hydrogen-bond donors (Lipinski definition) is 0. The van der Waals surface area contributed by atoms with Crippen LogP contribution in [-0.4, -0.2) is 0 Å². The summed E-state index contributed by atoms with van der Waals surface area (Å²) in [4.78, 5) is 0. The summed E-state index contributed by atoms with van der Waals surface area (Å²) in [5, 5.41) is 0. The van der Waals surface area contributed by atoms with Gasteiger partial charge in [0, 0.05) is 0 Å². The van der Waals surface area contributed by atoms with E-state index < -0.39 is 0 Å². The second kappa shape index (κ2) is 10.9. The van der Waals surface area contributed by atoms with Crippen LogP contribution in [0, 0.1) is 35.5 Å². The van der Waals surface area contributed by atoms with Gasteiger partial charge in [-0.3, -0.25) is 0 Å². The predicted octanol–water partition coefficient (Wildman–Crippen LogP) is 8.25. The van der Waals surface area contributed by atoms with Gasteiger partial charge in [0.15, 0.2) is 0 Å². The zero-order valence-corrected chi connectivity index (χ0v) is 17.4. The molecular weight excluding hydrogens is 288 g/mol. The van der Waals surface area contributed by atoms with Crippen molar-refractivity contribution in [3.63, 3.8) is 0 Å². The molecule has 2 aliphatic carbocycles.